The molecule has 2 aromatic rings. The highest BCUT2D eigenvalue weighted by Gasteiger charge is 2.42. The van der Waals surface area contributed by atoms with Crippen LogP contribution in [-0.2, 0) is 16.6 Å². The van der Waals surface area contributed by atoms with Crippen molar-refractivity contribution in [2.24, 2.45) is 5.41 Å². The normalized spacial score (nSPS) is 19.0. The zero-order valence-electron chi connectivity index (χ0n) is 19.4. The number of hydrogen-bond donors (Lipinski definition) is 1. The van der Waals surface area contributed by atoms with Crippen LogP contribution in [0.4, 0.5) is 0 Å². The summed E-state index contributed by atoms with van der Waals surface area (Å²) in [6.45, 7) is 3.64. The molecule has 2 fully saturated rings. The monoisotopic (exact) mass is 476 g/mol. The van der Waals surface area contributed by atoms with Gasteiger partial charge in [0.2, 0.25) is 15.8 Å². The number of nitrogens with zero attached hydrogens (tertiary/aromatic N) is 2. The predicted molar refractivity (Wildman–Crippen MR) is 125 cm³/mol. The molecule has 8 nitrogen and oxygen atoms in total. The molecule has 2 aliphatic heterocycles. The van der Waals surface area contributed by atoms with Gasteiger partial charge in [-0.05, 0) is 61.1 Å². The fraction of sp³-hybridized carbons (Fsp3) is 0.500. The van der Waals surface area contributed by atoms with Crippen LogP contribution < -0.4 is 14.2 Å². The van der Waals surface area contributed by atoms with Gasteiger partial charge >= 0.3 is 0 Å². The molecule has 0 saturated carbocycles. The Morgan fingerprint density at radius 2 is 1.58 bits per heavy atom. The van der Waals surface area contributed by atoms with E-state index in [2.05, 4.69) is 4.90 Å². The van der Waals surface area contributed by atoms with E-state index in [1.54, 1.807) is 28.6 Å². The molecule has 33 heavy (non-hydrogen) atoms. The van der Waals surface area contributed by atoms with Gasteiger partial charge in [0.15, 0.2) is 11.5 Å². The maximum absolute atomic E-state index is 13.1. The van der Waals surface area contributed by atoms with E-state index in [1.807, 2.05) is 12.1 Å². The van der Waals surface area contributed by atoms with E-state index in [-0.39, 0.29) is 16.1 Å². The van der Waals surface area contributed by atoms with Gasteiger partial charge < -0.3 is 19.3 Å². The maximum Gasteiger partial charge on any atom is 0.243 e. The lowest BCUT2D eigenvalue weighted by atomic mass is 9.78. The van der Waals surface area contributed by atoms with Crippen LogP contribution in [-0.4, -0.2) is 70.2 Å². The standard InChI is InChI=1S/C24H32N2O6S/c1-30-19-5-4-6-20(15-19)33(28,29)26-11-8-24(9-12-26)7-10-25(17-24)16-18-13-21(31-2)23(27)22(14-18)32-3/h4-6,13-15,27H,7-12,16-17H2,1-3H3. The first-order valence-electron chi connectivity index (χ1n) is 11.1. The van der Waals surface area contributed by atoms with Crippen LogP contribution in [0.3, 0.4) is 0 Å². The van der Waals surface area contributed by atoms with E-state index in [1.165, 1.54) is 21.3 Å². The van der Waals surface area contributed by atoms with Gasteiger partial charge in [-0.1, -0.05) is 6.07 Å². The largest absolute Gasteiger partial charge is 0.502 e. The lowest BCUT2D eigenvalue weighted by Crippen LogP contribution is -2.44. The molecule has 0 aromatic heterocycles. The second-order valence-corrected chi connectivity index (χ2v) is 10.8. The smallest absolute Gasteiger partial charge is 0.243 e. The number of phenolic OH excluding ortho intramolecular Hbond substituents is 1. The third-order valence-electron chi connectivity index (χ3n) is 6.93. The number of rotatable bonds is 7. The second kappa shape index (κ2) is 9.40. The van der Waals surface area contributed by atoms with Crippen LogP contribution in [0.15, 0.2) is 41.3 Å². The number of aromatic hydroxyl groups is 1. The minimum Gasteiger partial charge on any atom is -0.502 e. The van der Waals surface area contributed by atoms with Crippen molar-refractivity contribution in [1.82, 2.24) is 9.21 Å². The zero-order valence-corrected chi connectivity index (χ0v) is 20.2. The molecular weight excluding hydrogens is 444 g/mol. The molecular formula is C24H32N2O6S. The molecule has 0 radical (unpaired) electrons. The van der Waals surface area contributed by atoms with Gasteiger partial charge in [-0.25, -0.2) is 8.42 Å². The fourth-order valence-corrected chi connectivity index (χ4v) is 6.46. The quantitative estimate of drug-likeness (QED) is 0.657. The van der Waals surface area contributed by atoms with Gasteiger partial charge in [-0.3, -0.25) is 4.90 Å². The Bertz CT molecular complexity index is 1070. The summed E-state index contributed by atoms with van der Waals surface area (Å²) in [5.41, 5.74) is 1.14. The molecule has 0 atom stereocenters. The van der Waals surface area contributed by atoms with Crippen molar-refractivity contribution >= 4 is 10.0 Å². The first kappa shape index (κ1) is 23.7. The van der Waals surface area contributed by atoms with Gasteiger partial charge in [0.05, 0.1) is 26.2 Å². The first-order valence-corrected chi connectivity index (χ1v) is 12.5. The van der Waals surface area contributed by atoms with Crippen molar-refractivity contribution in [3.63, 3.8) is 0 Å². The maximum atomic E-state index is 13.1. The summed E-state index contributed by atoms with van der Waals surface area (Å²) < 4.78 is 43.6. The highest BCUT2D eigenvalue weighted by Crippen LogP contribution is 2.43. The first-order chi connectivity index (χ1) is 15.8. The van der Waals surface area contributed by atoms with Crippen LogP contribution in [0.2, 0.25) is 0 Å². The lowest BCUT2D eigenvalue weighted by Gasteiger charge is -2.38. The summed E-state index contributed by atoms with van der Waals surface area (Å²) in [7, 11) is 1.05. The number of phenols is 1. The van der Waals surface area contributed by atoms with Crippen molar-refractivity contribution in [3.05, 3.63) is 42.0 Å². The van der Waals surface area contributed by atoms with Gasteiger partial charge in [0.25, 0.3) is 0 Å². The summed E-state index contributed by atoms with van der Waals surface area (Å²) >= 11 is 0. The van der Waals surface area contributed by atoms with E-state index in [4.69, 9.17) is 14.2 Å². The Labute approximate surface area is 195 Å². The summed E-state index contributed by atoms with van der Waals surface area (Å²) in [5.74, 6) is 1.34. The Morgan fingerprint density at radius 3 is 2.18 bits per heavy atom. The summed E-state index contributed by atoms with van der Waals surface area (Å²) in [6.07, 6.45) is 2.73. The Morgan fingerprint density at radius 1 is 0.939 bits per heavy atom. The lowest BCUT2D eigenvalue weighted by molar-refractivity contribution is 0.153. The SMILES string of the molecule is COc1cccc(S(=O)(=O)N2CCC3(CCN(Cc4cc(OC)c(O)c(OC)c4)C3)CC2)c1. The summed E-state index contributed by atoms with van der Waals surface area (Å²) in [5, 5.41) is 10.2. The van der Waals surface area contributed by atoms with E-state index >= 15 is 0 Å². The molecule has 0 amide bonds. The minimum absolute atomic E-state index is 0.00580. The number of methoxy groups -OCH3 is 3. The van der Waals surface area contributed by atoms with Crippen molar-refractivity contribution in [2.45, 2.75) is 30.7 Å². The average Bonchev–Trinajstić information content (AvgIpc) is 3.21. The van der Waals surface area contributed by atoms with Crippen LogP contribution in [0.1, 0.15) is 24.8 Å². The van der Waals surface area contributed by atoms with E-state index < -0.39 is 10.0 Å². The molecule has 2 aromatic carbocycles. The minimum atomic E-state index is -3.53. The van der Waals surface area contributed by atoms with Gasteiger partial charge in [0.1, 0.15) is 5.75 Å². The molecule has 2 heterocycles. The third kappa shape index (κ3) is 4.76. The summed E-state index contributed by atoms with van der Waals surface area (Å²) in [4.78, 5) is 2.67. The Kier molecular flexibility index (Phi) is 6.74. The number of ether oxygens (including phenoxy) is 3. The molecule has 1 spiro atoms. The third-order valence-corrected chi connectivity index (χ3v) is 8.82. The van der Waals surface area contributed by atoms with E-state index in [9.17, 15) is 13.5 Å². The molecule has 180 valence electrons. The van der Waals surface area contributed by atoms with Gasteiger partial charge in [-0.2, -0.15) is 4.31 Å². The van der Waals surface area contributed by atoms with Crippen molar-refractivity contribution in [3.8, 4) is 23.0 Å². The van der Waals surface area contributed by atoms with Crippen molar-refractivity contribution in [2.75, 3.05) is 47.5 Å². The molecule has 1 N–H and O–H groups in total. The van der Waals surface area contributed by atoms with Gasteiger partial charge in [0, 0.05) is 32.2 Å². The summed E-state index contributed by atoms with van der Waals surface area (Å²) in [6, 6.07) is 10.3. The Hall–Kier alpha value is -2.49. The van der Waals surface area contributed by atoms with Crippen molar-refractivity contribution < 1.29 is 27.7 Å². The highest BCUT2D eigenvalue weighted by molar-refractivity contribution is 7.89. The molecule has 4 rings (SSSR count). The van der Waals surface area contributed by atoms with E-state index in [0.29, 0.717) is 30.3 Å². The van der Waals surface area contributed by atoms with Crippen LogP contribution >= 0.6 is 0 Å². The highest BCUT2D eigenvalue weighted by atomic mass is 32.2. The second-order valence-electron chi connectivity index (χ2n) is 8.89. The zero-order chi connectivity index (χ0) is 23.6. The molecule has 2 saturated heterocycles. The average molecular weight is 477 g/mol. The number of piperidine rings is 1. The molecule has 2 aliphatic rings. The van der Waals surface area contributed by atoms with E-state index in [0.717, 1.165) is 44.5 Å². The fourth-order valence-electron chi connectivity index (χ4n) is 4.98. The molecule has 0 bridgehead atoms. The van der Waals surface area contributed by atoms with Crippen LogP contribution in [0.25, 0.3) is 0 Å². The van der Waals surface area contributed by atoms with Crippen molar-refractivity contribution in [1.29, 1.82) is 0 Å². The van der Waals surface area contributed by atoms with Crippen LogP contribution in [0.5, 0.6) is 23.0 Å². The molecule has 0 aliphatic carbocycles. The van der Waals surface area contributed by atoms with Gasteiger partial charge in [-0.15, -0.1) is 0 Å². The number of benzene rings is 2. The van der Waals surface area contributed by atoms with Crippen LogP contribution in [0, 0.1) is 5.41 Å². The predicted octanol–water partition coefficient (Wildman–Crippen LogP) is 3.09. The number of likely N-dealkylation sites (tertiary alicyclic amines) is 1. The molecule has 9 heteroatoms. The molecule has 0 unspecified atom stereocenters. The topological polar surface area (TPSA) is 88.5 Å². The number of hydrogen-bond acceptors (Lipinski definition) is 7. The Balaban J connectivity index is 1.40. The number of sulfonamides is 1.